The maximum Gasteiger partial charge on any atom is 0.280 e. The third-order valence-corrected chi connectivity index (χ3v) is 3.47. The molecule has 1 aromatic heterocycles. The van der Waals surface area contributed by atoms with Gasteiger partial charge in [0.05, 0.1) is 5.54 Å². The Kier molecular flexibility index (Phi) is 3.96. The first-order chi connectivity index (χ1) is 8.91. The van der Waals surface area contributed by atoms with Crippen molar-refractivity contribution in [2.24, 2.45) is 0 Å². The predicted molar refractivity (Wildman–Crippen MR) is 67.3 cm³/mol. The van der Waals surface area contributed by atoms with Gasteiger partial charge in [0, 0.05) is 32.2 Å². The molecule has 0 atom stereocenters. The van der Waals surface area contributed by atoms with Gasteiger partial charge in [-0.2, -0.15) is 0 Å². The summed E-state index contributed by atoms with van der Waals surface area (Å²) in [6.07, 6.45) is -2.74. The largest absolute Gasteiger partial charge is 0.314 e. The number of H-pyrrole nitrogens is 1. The van der Waals surface area contributed by atoms with E-state index in [9.17, 15) is 13.6 Å². The maximum absolute atomic E-state index is 12.7. The van der Waals surface area contributed by atoms with Crippen LogP contribution in [0.2, 0.25) is 0 Å². The standard InChI is InChI=1S/C12H18F2N4O/c1-12(2,18-5-3-15-4-6-18)11-16-8(10(13)14)7-9(19)17-11/h7,10,15H,3-6H2,1-2H3,(H,16,17,19). The van der Waals surface area contributed by atoms with E-state index >= 15 is 0 Å². The topological polar surface area (TPSA) is 61.0 Å². The van der Waals surface area contributed by atoms with E-state index in [1.807, 2.05) is 13.8 Å². The molecule has 0 amide bonds. The fourth-order valence-electron chi connectivity index (χ4n) is 2.25. The van der Waals surface area contributed by atoms with Crippen LogP contribution in [0.1, 0.15) is 31.8 Å². The van der Waals surface area contributed by atoms with Gasteiger partial charge >= 0.3 is 0 Å². The van der Waals surface area contributed by atoms with Gasteiger partial charge in [-0.15, -0.1) is 0 Å². The van der Waals surface area contributed by atoms with E-state index < -0.39 is 23.2 Å². The van der Waals surface area contributed by atoms with Crippen molar-refractivity contribution in [3.8, 4) is 0 Å². The minimum atomic E-state index is -2.74. The molecule has 0 radical (unpaired) electrons. The lowest BCUT2D eigenvalue weighted by Crippen LogP contribution is -2.52. The van der Waals surface area contributed by atoms with Crippen molar-refractivity contribution in [1.29, 1.82) is 0 Å². The van der Waals surface area contributed by atoms with Crippen molar-refractivity contribution < 1.29 is 8.78 Å². The summed E-state index contributed by atoms with van der Waals surface area (Å²) in [5.41, 5.74) is -1.59. The van der Waals surface area contributed by atoms with Gasteiger partial charge in [0.25, 0.3) is 12.0 Å². The zero-order chi connectivity index (χ0) is 14.0. The molecule has 0 bridgehead atoms. The molecule has 1 saturated heterocycles. The van der Waals surface area contributed by atoms with E-state index in [4.69, 9.17) is 0 Å². The minimum absolute atomic E-state index is 0.289. The highest BCUT2D eigenvalue weighted by molar-refractivity contribution is 5.10. The number of piperazine rings is 1. The molecule has 19 heavy (non-hydrogen) atoms. The average molecular weight is 272 g/mol. The van der Waals surface area contributed by atoms with Crippen LogP contribution in [0.15, 0.2) is 10.9 Å². The first-order valence-electron chi connectivity index (χ1n) is 6.27. The fraction of sp³-hybridized carbons (Fsp3) is 0.667. The summed E-state index contributed by atoms with van der Waals surface area (Å²) in [4.78, 5) is 20.1. The van der Waals surface area contributed by atoms with E-state index in [0.717, 1.165) is 32.2 Å². The first-order valence-corrected chi connectivity index (χ1v) is 6.27. The number of hydrogen-bond acceptors (Lipinski definition) is 4. The zero-order valence-corrected chi connectivity index (χ0v) is 11.0. The molecular weight excluding hydrogens is 254 g/mol. The summed E-state index contributed by atoms with van der Waals surface area (Å²) >= 11 is 0. The summed E-state index contributed by atoms with van der Waals surface area (Å²) in [6.45, 7) is 7.01. The van der Waals surface area contributed by atoms with Crippen LogP contribution in [0.5, 0.6) is 0 Å². The Morgan fingerprint density at radius 2 is 2.00 bits per heavy atom. The quantitative estimate of drug-likeness (QED) is 0.856. The number of aromatic nitrogens is 2. The Morgan fingerprint density at radius 3 is 2.58 bits per heavy atom. The highest BCUT2D eigenvalue weighted by Crippen LogP contribution is 2.25. The van der Waals surface area contributed by atoms with Gasteiger partial charge in [-0.1, -0.05) is 0 Å². The Hall–Kier alpha value is -1.34. The van der Waals surface area contributed by atoms with E-state index in [0.29, 0.717) is 0 Å². The number of halogens is 2. The van der Waals surface area contributed by atoms with Crippen LogP contribution in [0.4, 0.5) is 8.78 Å². The van der Waals surface area contributed by atoms with E-state index in [1.54, 1.807) is 0 Å². The molecule has 7 heteroatoms. The van der Waals surface area contributed by atoms with E-state index in [1.165, 1.54) is 0 Å². The summed E-state index contributed by atoms with van der Waals surface area (Å²) in [7, 11) is 0. The number of rotatable bonds is 3. The number of aromatic amines is 1. The highest BCUT2D eigenvalue weighted by atomic mass is 19.3. The number of nitrogens with one attached hydrogen (secondary N) is 2. The normalized spacial score (nSPS) is 17.9. The second-order valence-electron chi connectivity index (χ2n) is 5.12. The monoisotopic (exact) mass is 272 g/mol. The molecule has 0 aromatic carbocycles. The molecule has 106 valence electrons. The summed E-state index contributed by atoms with van der Waals surface area (Å²) in [5, 5.41) is 3.23. The molecule has 1 aliphatic rings. The average Bonchev–Trinajstić information content (AvgIpc) is 2.39. The van der Waals surface area contributed by atoms with Crippen LogP contribution in [0, 0.1) is 0 Å². The lowest BCUT2D eigenvalue weighted by molar-refractivity contribution is 0.0921. The van der Waals surface area contributed by atoms with Gasteiger partial charge in [-0.25, -0.2) is 13.8 Å². The van der Waals surface area contributed by atoms with Crippen molar-refractivity contribution in [3.63, 3.8) is 0 Å². The Labute approximate surface area is 110 Å². The summed E-state index contributed by atoms with van der Waals surface area (Å²) in [6, 6.07) is 0.849. The lowest BCUT2D eigenvalue weighted by Gasteiger charge is -2.40. The Morgan fingerprint density at radius 1 is 1.37 bits per heavy atom. The van der Waals surface area contributed by atoms with Gasteiger partial charge in [0.1, 0.15) is 11.5 Å². The number of nitrogens with zero attached hydrogens (tertiary/aromatic N) is 2. The summed E-state index contributed by atoms with van der Waals surface area (Å²) in [5.74, 6) is 0.289. The third-order valence-electron chi connectivity index (χ3n) is 3.47. The molecule has 1 fully saturated rings. The van der Waals surface area contributed by atoms with E-state index in [2.05, 4.69) is 20.2 Å². The fourth-order valence-corrected chi connectivity index (χ4v) is 2.25. The molecule has 1 aromatic rings. The van der Waals surface area contributed by atoms with E-state index in [-0.39, 0.29) is 5.82 Å². The van der Waals surface area contributed by atoms with Crippen LogP contribution in [0.3, 0.4) is 0 Å². The molecule has 0 unspecified atom stereocenters. The van der Waals surface area contributed by atoms with Gasteiger partial charge in [0.15, 0.2) is 0 Å². The van der Waals surface area contributed by atoms with Crippen molar-refractivity contribution in [1.82, 2.24) is 20.2 Å². The maximum atomic E-state index is 12.7. The molecule has 0 aliphatic carbocycles. The van der Waals surface area contributed by atoms with Crippen LogP contribution in [-0.2, 0) is 5.54 Å². The molecule has 2 rings (SSSR count). The molecule has 0 spiro atoms. The lowest BCUT2D eigenvalue weighted by atomic mass is 10.0. The summed E-state index contributed by atoms with van der Waals surface area (Å²) < 4.78 is 25.4. The van der Waals surface area contributed by atoms with Crippen LogP contribution in [0.25, 0.3) is 0 Å². The van der Waals surface area contributed by atoms with Gasteiger partial charge in [-0.05, 0) is 13.8 Å². The van der Waals surface area contributed by atoms with Crippen LogP contribution in [-0.4, -0.2) is 41.0 Å². The van der Waals surface area contributed by atoms with Crippen LogP contribution < -0.4 is 10.9 Å². The van der Waals surface area contributed by atoms with Crippen molar-refractivity contribution in [2.45, 2.75) is 25.8 Å². The minimum Gasteiger partial charge on any atom is -0.314 e. The molecule has 0 saturated carbocycles. The Bertz CT molecular complexity index is 495. The van der Waals surface area contributed by atoms with Gasteiger partial charge in [0.2, 0.25) is 0 Å². The molecule has 5 nitrogen and oxygen atoms in total. The predicted octanol–water partition coefficient (Wildman–Crippen LogP) is 0.848. The molecule has 2 N–H and O–H groups in total. The van der Waals surface area contributed by atoms with Crippen LogP contribution >= 0.6 is 0 Å². The smallest absolute Gasteiger partial charge is 0.280 e. The van der Waals surface area contributed by atoms with Gasteiger partial charge in [-0.3, -0.25) is 9.69 Å². The second-order valence-corrected chi connectivity index (χ2v) is 5.12. The zero-order valence-electron chi connectivity index (χ0n) is 11.0. The number of hydrogen-bond donors (Lipinski definition) is 2. The SMILES string of the molecule is CC(C)(c1nc(C(F)F)cc(=O)[nH]1)N1CCNCC1. The Balaban J connectivity index is 2.35. The second kappa shape index (κ2) is 5.34. The number of alkyl halides is 2. The van der Waals surface area contributed by atoms with Gasteiger partial charge < -0.3 is 10.3 Å². The highest BCUT2D eigenvalue weighted by Gasteiger charge is 2.32. The van der Waals surface area contributed by atoms with Crippen molar-refractivity contribution in [2.75, 3.05) is 26.2 Å². The molecule has 1 aliphatic heterocycles. The third kappa shape index (κ3) is 2.98. The molecule has 2 heterocycles. The van der Waals surface area contributed by atoms with Crippen molar-refractivity contribution in [3.05, 3.63) is 27.9 Å². The first kappa shape index (κ1) is 14.1. The molecular formula is C12H18F2N4O. The van der Waals surface area contributed by atoms with Crippen molar-refractivity contribution >= 4 is 0 Å².